The summed E-state index contributed by atoms with van der Waals surface area (Å²) >= 11 is 0. The molecule has 0 radical (unpaired) electrons. The van der Waals surface area contributed by atoms with Crippen LogP contribution in [0.3, 0.4) is 0 Å². The number of hydrogen-bond acceptors (Lipinski definition) is 4. The molecule has 7 nitrogen and oxygen atoms in total. The molecule has 1 aromatic heterocycles. The molecule has 2 atom stereocenters. The third-order valence-electron chi connectivity index (χ3n) is 5.14. The Morgan fingerprint density at radius 2 is 2.08 bits per heavy atom. The van der Waals surface area contributed by atoms with Gasteiger partial charge in [0.05, 0.1) is 12.5 Å². The van der Waals surface area contributed by atoms with Crippen LogP contribution in [0.2, 0.25) is 0 Å². The molecule has 0 saturated carbocycles. The average molecular weight is 330 g/mol. The van der Waals surface area contributed by atoms with Crippen LogP contribution in [-0.4, -0.2) is 64.6 Å². The third-order valence-corrected chi connectivity index (χ3v) is 5.14. The first-order valence-corrected chi connectivity index (χ1v) is 8.65. The molecule has 4 rings (SSSR count). The second kappa shape index (κ2) is 6.30. The van der Waals surface area contributed by atoms with Gasteiger partial charge in [0.15, 0.2) is 11.8 Å². The van der Waals surface area contributed by atoms with Crippen molar-refractivity contribution in [1.29, 1.82) is 0 Å². The fourth-order valence-electron chi connectivity index (χ4n) is 3.74. The molecule has 2 saturated heterocycles. The first kappa shape index (κ1) is 15.2. The van der Waals surface area contributed by atoms with Crippen molar-refractivity contribution in [3.05, 3.63) is 24.0 Å². The summed E-state index contributed by atoms with van der Waals surface area (Å²) in [6, 6.07) is 3.91. The number of carbonyl (C=O) groups excluding carboxylic acids is 2. The molecule has 2 fully saturated rings. The summed E-state index contributed by atoms with van der Waals surface area (Å²) in [7, 11) is 0. The van der Waals surface area contributed by atoms with Gasteiger partial charge in [-0.25, -0.2) is 0 Å². The molecule has 3 aliphatic heterocycles. The normalized spacial score (nSPS) is 25.6. The Morgan fingerprint density at radius 1 is 1.25 bits per heavy atom. The lowest BCUT2D eigenvalue weighted by atomic mass is 10.00. The third kappa shape index (κ3) is 2.79. The number of rotatable bonds is 4. The molecule has 2 amide bonds. The topological polar surface area (TPSA) is 78.0 Å². The van der Waals surface area contributed by atoms with Crippen molar-refractivity contribution >= 4 is 17.5 Å². The second-order valence-corrected chi connectivity index (χ2v) is 6.72. The van der Waals surface area contributed by atoms with Gasteiger partial charge in [0, 0.05) is 37.9 Å². The number of nitrogens with zero attached hydrogens (tertiary/aromatic N) is 3. The molecule has 0 bridgehead atoms. The zero-order valence-corrected chi connectivity index (χ0v) is 13.6. The zero-order valence-electron chi connectivity index (χ0n) is 13.6. The molecule has 24 heavy (non-hydrogen) atoms. The minimum absolute atomic E-state index is 0.0133. The van der Waals surface area contributed by atoms with E-state index in [0.717, 1.165) is 31.6 Å². The van der Waals surface area contributed by atoms with E-state index in [2.05, 4.69) is 10.1 Å². The molecule has 128 valence electrons. The number of oxime groups is 1. The molecule has 0 unspecified atom stereocenters. The lowest BCUT2D eigenvalue weighted by Crippen LogP contribution is -2.39. The Hall–Kier alpha value is -2.31. The largest absolute Gasteiger partial charge is 0.389 e. The van der Waals surface area contributed by atoms with E-state index >= 15 is 0 Å². The number of fused-ring (bicyclic) bond motifs is 1. The van der Waals surface area contributed by atoms with E-state index in [9.17, 15) is 9.59 Å². The highest BCUT2D eigenvalue weighted by Gasteiger charge is 2.47. The molecule has 7 heteroatoms. The van der Waals surface area contributed by atoms with Gasteiger partial charge in [-0.3, -0.25) is 9.59 Å². The smallest absolute Gasteiger partial charge is 0.272 e. The highest BCUT2D eigenvalue weighted by atomic mass is 16.6. The summed E-state index contributed by atoms with van der Waals surface area (Å²) in [5.41, 5.74) is 1.56. The fourth-order valence-corrected chi connectivity index (χ4v) is 3.74. The monoisotopic (exact) mass is 330 g/mol. The van der Waals surface area contributed by atoms with Crippen LogP contribution in [0.1, 0.15) is 25.0 Å². The minimum atomic E-state index is -0.166. The van der Waals surface area contributed by atoms with Crippen LogP contribution < -0.4 is 0 Å². The first-order valence-electron chi connectivity index (χ1n) is 8.65. The Labute approximate surface area is 140 Å². The van der Waals surface area contributed by atoms with E-state index in [-0.39, 0.29) is 23.8 Å². The lowest BCUT2D eigenvalue weighted by Gasteiger charge is -2.18. The highest BCUT2D eigenvalue weighted by molar-refractivity contribution is 6.40. The number of aromatic amines is 1. The number of hydrogen-bond donors (Lipinski definition) is 1. The fraction of sp³-hybridized carbons (Fsp3) is 0.588. The van der Waals surface area contributed by atoms with E-state index in [4.69, 9.17) is 4.84 Å². The molecule has 3 aliphatic rings. The Morgan fingerprint density at radius 3 is 2.83 bits per heavy atom. The average Bonchev–Trinajstić information content (AvgIpc) is 3.37. The number of amides is 2. The van der Waals surface area contributed by atoms with Gasteiger partial charge in [-0.05, 0) is 31.4 Å². The van der Waals surface area contributed by atoms with Gasteiger partial charge >= 0.3 is 0 Å². The maximum Gasteiger partial charge on any atom is 0.272 e. The highest BCUT2D eigenvalue weighted by Crippen LogP contribution is 2.29. The SMILES string of the molecule is O=C(CCc1ccc[nH]1)N1C[C@@H]2C(C(=O)N3CCCC3)=NO[C@@H]2C1. The number of carbonyl (C=O) groups is 2. The summed E-state index contributed by atoms with van der Waals surface area (Å²) in [6.45, 7) is 2.66. The number of likely N-dealkylation sites (tertiary alicyclic amines) is 2. The Bertz CT molecular complexity index is 649. The predicted octanol–water partition coefficient (Wildman–Crippen LogP) is 0.783. The van der Waals surface area contributed by atoms with Crippen molar-refractivity contribution in [2.75, 3.05) is 26.2 Å². The molecule has 1 N–H and O–H groups in total. The van der Waals surface area contributed by atoms with Crippen LogP contribution in [0.25, 0.3) is 0 Å². The van der Waals surface area contributed by atoms with E-state index in [1.54, 1.807) is 0 Å². The number of aryl methyl sites for hydroxylation is 1. The number of nitrogens with one attached hydrogen (secondary N) is 1. The molecule has 1 aromatic rings. The van der Waals surface area contributed by atoms with Gasteiger partial charge in [-0.1, -0.05) is 5.16 Å². The van der Waals surface area contributed by atoms with Gasteiger partial charge in [0.25, 0.3) is 5.91 Å². The quantitative estimate of drug-likeness (QED) is 0.886. The number of H-pyrrole nitrogens is 1. The molecular formula is C17H22N4O3. The van der Waals surface area contributed by atoms with Crippen molar-refractivity contribution < 1.29 is 14.4 Å². The van der Waals surface area contributed by atoms with E-state index in [1.165, 1.54) is 0 Å². The standard InChI is InChI=1S/C17H22N4O3/c22-15(6-5-12-4-3-7-18-12)21-10-13-14(11-21)24-19-16(13)17(23)20-8-1-2-9-20/h3-4,7,13-14,18H,1-2,5-6,8-11H2/t13-,14+/m0/s1. The van der Waals surface area contributed by atoms with Crippen LogP contribution in [-0.2, 0) is 20.8 Å². The van der Waals surface area contributed by atoms with Crippen molar-refractivity contribution in [2.24, 2.45) is 11.1 Å². The van der Waals surface area contributed by atoms with Crippen LogP contribution in [0, 0.1) is 5.92 Å². The summed E-state index contributed by atoms with van der Waals surface area (Å²) < 4.78 is 0. The summed E-state index contributed by atoms with van der Waals surface area (Å²) in [6.07, 6.45) is 4.97. The molecule has 0 aliphatic carbocycles. The van der Waals surface area contributed by atoms with E-state index in [1.807, 2.05) is 28.1 Å². The van der Waals surface area contributed by atoms with Gasteiger partial charge in [-0.2, -0.15) is 0 Å². The van der Waals surface area contributed by atoms with E-state index < -0.39 is 0 Å². The summed E-state index contributed by atoms with van der Waals surface area (Å²) in [5.74, 6) is 0.0174. The van der Waals surface area contributed by atoms with Crippen molar-refractivity contribution in [2.45, 2.75) is 31.8 Å². The second-order valence-electron chi connectivity index (χ2n) is 6.72. The van der Waals surface area contributed by atoms with Crippen molar-refractivity contribution in [1.82, 2.24) is 14.8 Å². The molecule has 4 heterocycles. The van der Waals surface area contributed by atoms with E-state index in [0.29, 0.717) is 31.6 Å². The van der Waals surface area contributed by atoms with Gasteiger partial charge in [-0.15, -0.1) is 0 Å². The lowest BCUT2D eigenvalue weighted by molar-refractivity contribution is -0.131. The molecule has 0 spiro atoms. The van der Waals surface area contributed by atoms with Crippen LogP contribution in [0.4, 0.5) is 0 Å². The van der Waals surface area contributed by atoms with Gasteiger partial charge in [0.2, 0.25) is 5.91 Å². The Balaban J connectivity index is 1.34. The number of aromatic nitrogens is 1. The summed E-state index contributed by atoms with van der Waals surface area (Å²) in [4.78, 5) is 37.2. The zero-order chi connectivity index (χ0) is 16.5. The maximum absolute atomic E-state index is 12.6. The molecular weight excluding hydrogens is 308 g/mol. The van der Waals surface area contributed by atoms with Crippen LogP contribution in [0.15, 0.2) is 23.5 Å². The minimum Gasteiger partial charge on any atom is -0.389 e. The van der Waals surface area contributed by atoms with Crippen molar-refractivity contribution in [3.8, 4) is 0 Å². The van der Waals surface area contributed by atoms with Crippen molar-refractivity contribution in [3.63, 3.8) is 0 Å². The summed E-state index contributed by atoms with van der Waals surface area (Å²) in [5, 5.41) is 4.03. The van der Waals surface area contributed by atoms with Gasteiger partial charge in [0.1, 0.15) is 0 Å². The maximum atomic E-state index is 12.6. The predicted molar refractivity (Wildman–Crippen MR) is 87.3 cm³/mol. The van der Waals surface area contributed by atoms with Gasteiger partial charge < -0.3 is 19.6 Å². The molecule has 0 aromatic carbocycles. The Kier molecular flexibility index (Phi) is 4.00. The van der Waals surface area contributed by atoms with Crippen LogP contribution >= 0.6 is 0 Å². The first-order chi connectivity index (χ1) is 11.7. The van der Waals surface area contributed by atoms with Crippen LogP contribution in [0.5, 0.6) is 0 Å².